The minimum absolute atomic E-state index is 0.205. The lowest BCUT2D eigenvalue weighted by atomic mass is 9.85. The number of rotatable bonds is 4. The molecule has 2 nitrogen and oxygen atoms in total. The minimum Gasteiger partial charge on any atom is -0.455 e. The van der Waals surface area contributed by atoms with Crippen LogP contribution in [0.5, 0.6) is 0 Å². The molecular weight excluding hydrogens is 510 g/mol. The average molecular weight is 546 g/mol. The number of nitrogens with zero attached hydrogens (tertiary/aromatic N) is 1. The zero-order valence-electron chi connectivity index (χ0n) is 24.1. The predicted molar refractivity (Wildman–Crippen MR) is 178 cm³/mol. The van der Waals surface area contributed by atoms with Crippen molar-refractivity contribution >= 4 is 38.4 Å². The van der Waals surface area contributed by atoms with Gasteiger partial charge in [0, 0.05) is 16.5 Å². The molecule has 5 aromatic rings. The Morgan fingerprint density at radius 2 is 1.64 bits per heavy atom. The van der Waals surface area contributed by atoms with Gasteiger partial charge >= 0.3 is 0 Å². The first kappa shape index (κ1) is 25.2. The summed E-state index contributed by atoms with van der Waals surface area (Å²) in [7, 11) is 0. The number of hydrogen-bond acceptors (Lipinski definition) is 2. The largest absolute Gasteiger partial charge is 0.455 e. The maximum Gasteiger partial charge on any atom is 0.143 e. The molecule has 1 aromatic heterocycles. The second-order valence-corrected chi connectivity index (χ2v) is 12.1. The molecule has 0 aliphatic heterocycles. The van der Waals surface area contributed by atoms with Crippen LogP contribution < -0.4 is 4.90 Å². The van der Waals surface area contributed by atoms with E-state index in [-0.39, 0.29) is 5.54 Å². The summed E-state index contributed by atoms with van der Waals surface area (Å²) in [5.74, 6) is 0. The summed E-state index contributed by atoms with van der Waals surface area (Å²) in [6.45, 7) is 2.39. The Bertz CT molecular complexity index is 2000. The average Bonchev–Trinajstić information content (AvgIpc) is 3.24. The molecule has 0 N–H and O–H groups in total. The van der Waals surface area contributed by atoms with Gasteiger partial charge in [0.05, 0.1) is 16.6 Å². The molecule has 3 aliphatic rings. The number of fused-ring (bicyclic) bond motifs is 5. The van der Waals surface area contributed by atoms with E-state index in [0.29, 0.717) is 0 Å². The van der Waals surface area contributed by atoms with Crippen LogP contribution in [-0.4, -0.2) is 5.54 Å². The summed E-state index contributed by atoms with van der Waals surface area (Å²) in [5, 5.41) is 4.74. The lowest BCUT2D eigenvalue weighted by Gasteiger charge is -2.45. The van der Waals surface area contributed by atoms with Crippen LogP contribution >= 0.6 is 0 Å². The van der Waals surface area contributed by atoms with E-state index >= 15 is 0 Å². The van der Waals surface area contributed by atoms with E-state index in [1.165, 1.54) is 56.2 Å². The fourth-order valence-corrected chi connectivity index (χ4v) is 7.36. The van der Waals surface area contributed by atoms with Gasteiger partial charge in [-0.15, -0.1) is 0 Å². The first-order chi connectivity index (χ1) is 20.7. The molecule has 0 fully saturated rings. The van der Waals surface area contributed by atoms with Gasteiger partial charge in [-0.25, -0.2) is 0 Å². The second-order valence-electron chi connectivity index (χ2n) is 12.1. The van der Waals surface area contributed by atoms with Crippen LogP contribution in [0.15, 0.2) is 143 Å². The maximum absolute atomic E-state index is 6.78. The summed E-state index contributed by atoms with van der Waals surface area (Å²) in [6.07, 6.45) is 23.0. The summed E-state index contributed by atoms with van der Waals surface area (Å²) in [5.41, 5.74) is 9.78. The Hall–Kier alpha value is -4.56. The topological polar surface area (TPSA) is 16.4 Å². The van der Waals surface area contributed by atoms with Gasteiger partial charge in [0.1, 0.15) is 11.2 Å². The lowest BCUT2D eigenvalue weighted by Crippen LogP contribution is -2.45. The zero-order chi connectivity index (χ0) is 28.1. The highest BCUT2D eigenvalue weighted by atomic mass is 16.3. The molecular formula is C40H35NO. The number of furan rings is 1. The first-order valence-electron chi connectivity index (χ1n) is 15.4. The number of hydrogen-bond donors (Lipinski definition) is 0. The normalized spacial score (nSPS) is 20.3. The molecule has 206 valence electrons. The third-order valence-corrected chi connectivity index (χ3v) is 9.36. The SMILES string of the molecule is CC1(N(C2=CCCC3=C2CCCC=C3)c2cccc3oc4c5ccccc5c(-c5ccccc5)cc4c23)C=CC=CC1. The summed E-state index contributed by atoms with van der Waals surface area (Å²) in [4.78, 5) is 2.65. The van der Waals surface area contributed by atoms with E-state index in [9.17, 15) is 0 Å². The van der Waals surface area contributed by atoms with Crippen LogP contribution in [-0.2, 0) is 0 Å². The Morgan fingerprint density at radius 1 is 0.786 bits per heavy atom. The molecule has 1 heterocycles. The third-order valence-electron chi connectivity index (χ3n) is 9.36. The van der Waals surface area contributed by atoms with Crippen molar-refractivity contribution in [1.29, 1.82) is 0 Å². The van der Waals surface area contributed by atoms with Crippen LogP contribution in [0.2, 0.25) is 0 Å². The molecule has 2 heteroatoms. The molecule has 0 spiro atoms. The predicted octanol–water partition coefficient (Wildman–Crippen LogP) is 11.2. The third kappa shape index (κ3) is 4.01. The van der Waals surface area contributed by atoms with E-state index in [1.54, 1.807) is 0 Å². The Balaban J connectivity index is 1.44. The first-order valence-corrected chi connectivity index (χ1v) is 15.4. The van der Waals surface area contributed by atoms with Gasteiger partial charge < -0.3 is 9.32 Å². The van der Waals surface area contributed by atoms with Crippen molar-refractivity contribution in [2.75, 3.05) is 4.90 Å². The molecule has 0 bridgehead atoms. The highest BCUT2D eigenvalue weighted by Gasteiger charge is 2.36. The van der Waals surface area contributed by atoms with Crippen LogP contribution in [0.25, 0.3) is 43.8 Å². The number of allylic oxidation sites excluding steroid dienone is 7. The number of benzene rings is 4. The molecule has 0 amide bonds. The molecule has 0 radical (unpaired) electrons. The van der Waals surface area contributed by atoms with Crippen LogP contribution in [0.4, 0.5) is 5.69 Å². The van der Waals surface area contributed by atoms with E-state index in [2.05, 4.69) is 133 Å². The van der Waals surface area contributed by atoms with Gasteiger partial charge in [-0.2, -0.15) is 0 Å². The van der Waals surface area contributed by atoms with Crippen LogP contribution in [0.3, 0.4) is 0 Å². The molecule has 4 aromatic carbocycles. The monoisotopic (exact) mass is 545 g/mol. The lowest BCUT2D eigenvalue weighted by molar-refractivity contribution is 0.549. The van der Waals surface area contributed by atoms with E-state index in [0.717, 1.165) is 48.7 Å². The van der Waals surface area contributed by atoms with Crippen molar-refractivity contribution in [2.45, 2.75) is 51.0 Å². The van der Waals surface area contributed by atoms with E-state index in [1.807, 2.05) is 0 Å². The Labute approximate surface area is 247 Å². The maximum atomic E-state index is 6.78. The van der Waals surface area contributed by atoms with Gasteiger partial charge in [-0.1, -0.05) is 103 Å². The van der Waals surface area contributed by atoms with Crippen molar-refractivity contribution in [1.82, 2.24) is 0 Å². The molecule has 8 rings (SSSR count). The van der Waals surface area contributed by atoms with E-state index < -0.39 is 0 Å². The van der Waals surface area contributed by atoms with Crippen LogP contribution in [0, 0.1) is 0 Å². The van der Waals surface area contributed by atoms with E-state index in [4.69, 9.17) is 4.42 Å². The summed E-state index contributed by atoms with van der Waals surface area (Å²) in [6, 6.07) is 28.4. The number of anilines is 1. The fraction of sp³-hybridized carbons (Fsp3) is 0.200. The Morgan fingerprint density at radius 3 is 2.50 bits per heavy atom. The zero-order valence-corrected chi connectivity index (χ0v) is 24.1. The van der Waals surface area contributed by atoms with Crippen molar-refractivity contribution in [3.05, 3.63) is 138 Å². The molecule has 1 atom stereocenters. The Kier molecular flexibility index (Phi) is 6.03. The minimum atomic E-state index is -0.205. The molecule has 0 saturated heterocycles. The molecule has 0 saturated carbocycles. The van der Waals surface area contributed by atoms with Gasteiger partial charge in [0.2, 0.25) is 0 Å². The standard InChI is InChI=1S/C40H35NO/c1-40(25-11-4-12-26-40)41(35-22-13-18-28-15-7-3-8-19-30(28)35)36-23-14-24-37-38(36)34-27-33(29-16-5-2-6-17-29)31-20-9-10-21-32(31)39(34)42-37/h2,4-7,9-12,14-17,20-25,27H,3,8,13,18-19,26H2,1H3. The van der Waals surface area contributed by atoms with Gasteiger partial charge in [-0.05, 0) is 91.3 Å². The highest BCUT2D eigenvalue weighted by molar-refractivity contribution is 6.22. The summed E-state index contributed by atoms with van der Waals surface area (Å²) >= 11 is 0. The van der Waals surface area contributed by atoms with Crippen molar-refractivity contribution in [3.8, 4) is 11.1 Å². The molecule has 42 heavy (non-hydrogen) atoms. The van der Waals surface area contributed by atoms with Crippen molar-refractivity contribution in [2.24, 2.45) is 0 Å². The highest BCUT2D eigenvalue weighted by Crippen LogP contribution is 2.48. The van der Waals surface area contributed by atoms with Gasteiger partial charge in [0.25, 0.3) is 0 Å². The molecule has 1 unspecified atom stereocenters. The quantitative estimate of drug-likeness (QED) is 0.223. The summed E-state index contributed by atoms with van der Waals surface area (Å²) < 4.78 is 6.78. The molecule has 3 aliphatic carbocycles. The van der Waals surface area contributed by atoms with Gasteiger partial charge in [-0.3, -0.25) is 0 Å². The second kappa shape index (κ2) is 10.1. The van der Waals surface area contributed by atoms with Gasteiger partial charge in [0.15, 0.2) is 0 Å². The fourth-order valence-electron chi connectivity index (χ4n) is 7.36. The van der Waals surface area contributed by atoms with Crippen molar-refractivity contribution < 1.29 is 4.42 Å². The van der Waals surface area contributed by atoms with Crippen LogP contribution in [0.1, 0.15) is 45.4 Å². The van der Waals surface area contributed by atoms with Crippen molar-refractivity contribution in [3.63, 3.8) is 0 Å². The smallest absolute Gasteiger partial charge is 0.143 e.